The van der Waals surface area contributed by atoms with E-state index in [0.29, 0.717) is 17.0 Å². The maximum Gasteiger partial charge on any atom is 0.416 e. The molecule has 8 heteroatoms. The fraction of sp³-hybridized carbons (Fsp3) is 0.621. The van der Waals surface area contributed by atoms with E-state index in [0.717, 1.165) is 43.1 Å². The number of pyridine rings is 1. The fourth-order valence-corrected chi connectivity index (χ4v) is 7.98. The zero-order chi connectivity index (χ0) is 27.6. The smallest absolute Gasteiger partial charge is 0.410 e. The molecule has 0 aliphatic heterocycles. The Morgan fingerprint density at radius 2 is 1.78 bits per heavy atom. The van der Waals surface area contributed by atoms with E-state index >= 15 is 0 Å². The predicted octanol–water partition coefficient (Wildman–Crippen LogP) is 8.89. The SMILES string of the molecule is CC(C)c1cc(I)c2c(n1)CC1(CC(c3cc(C(F)(F)F)ccc3CO)C1)C[C@@H]2O[Si](C)(C)C(C)(C)C. The molecular weight excluding hydrogens is 606 g/mol. The van der Waals surface area contributed by atoms with Gasteiger partial charge >= 0.3 is 6.18 Å². The van der Waals surface area contributed by atoms with E-state index in [1.54, 1.807) is 0 Å². The van der Waals surface area contributed by atoms with Gasteiger partial charge in [-0.3, -0.25) is 4.98 Å². The lowest BCUT2D eigenvalue weighted by Crippen LogP contribution is -2.47. The van der Waals surface area contributed by atoms with Gasteiger partial charge < -0.3 is 9.53 Å². The monoisotopic (exact) mass is 645 g/mol. The summed E-state index contributed by atoms with van der Waals surface area (Å²) in [5.41, 5.74) is 3.89. The van der Waals surface area contributed by atoms with E-state index in [-0.39, 0.29) is 29.1 Å². The van der Waals surface area contributed by atoms with Crippen LogP contribution in [-0.4, -0.2) is 18.4 Å². The van der Waals surface area contributed by atoms with Crippen LogP contribution in [-0.2, 0) is 23.6 Å². The highest BCUT2D eigenvalue weighted by molar-refractivity contribution is 14.1. The summed E-state index contributed by atoms with van der Waals surface area (Å²) in [6.45, 7) is 15.3. The fourth-order valence-electron chi connectivity index (χ4n) is 5.73. The number of hydrogen-bond donors (Lipinski definition) is 1. The first-order chi connectivity index (χ1) is 17.0. The van der Waals surface area contributed by atoms with Gasteiger partial charge in [-0.1, -0.05) is 40.7 Å². The minimum atomic E-state index is -4.40. The van der Waals surface area contributed by atoms with Crippen LogP contribution in [0, 0.1) is 8.99 Å². The molecule has 1 fully saturated rings. The van der Waals surface area contributed by atoms with Gasteiger partial charge in [0.1, 0.15) is 0 Å². The van der Waals surface area contributed by atoms with Crippen molar-refractivity contribution in [3.63, 3.8) is 0 Å². The molecule has 1 atom stereocenters. The van der Waals surface area contributed by atoms with Gasteiger partial charge in [0.2, 0.25) is 0 Å². The summed E-state index contributed by atoms with van der Waals surface area (Å²) in [4.78, 5) is 5.11. The number of benzene rings is 1. The van der Waals surface area contributed by atoms with E-state index in [1.165, 1.54) is 21.3 Å². The molecule has 1 N–H and O–H groups in total. The quantitative estimate of drug-likeness (QED) is 0.261. The van der Waals surface area contributed by atoms with Crippen molar-refractivity contribution in [2.45, 2.75) is 109 Å². The van der Waals surface area contributed by atoms with Crippen molar-refractivity contribution in [2.24, 2.45) is 5.41 Å². The lowest BCUT2D eigenvalue weighted by molar-refractivity contribution is -0.137. The van der Waals surface area contributed by atoms with E-state index in [2.05, 4.69) is 76.4 Å². The lowest BCUT2D eigenvalue weighted by Gasteiger charge is -2.54. The van der Waals surface area contributed by atoms with Gasteiger partial charge in [0.25, 0.3) is 0 Å². The number of aliphatic hydroxyl groups is 1. The second kappa shape index (κ2) is 9.89. The molecular formula is C29H39F3INO2Si. The lowest BCUT2D eigenvalue weighted by atomic mass is 9.53. The molecule has 0 radical (unpaired) electrons. The minimum Gasteiger partial charge on any atom is -0.410 e. The maximum absolute atomic E-state index is 13.5. The van der Waals surface area contributed by atoms with Crippen LogP contribution in [0.1, 0.15) is 105 Å². The molecule has 0 amide bonds. The van der Waals surface area contributed by atoms with E-state index in [1.807, 2.05) is 0 Å². The average Bonchev–Trinajstić information content (AvgIpc) is 2.74. The second-order valence-corrected chi connectivity index (χ2v) is 18.9. The highest BCUT2D eigenvalue weighted by atomic mass is 127. The van der Waals surface area contributed by atoms with Crippen molar-refractivity contribution in [3.8, 4) is 0 Å². The van der Waals surface area contributed by atoms with Crippen LogP contribution in [0.2, 0.25) is 18.1 Å². The molecule has 0 saturated heterocycles. The molecule has 1 aromatic carbocycles. The number of halogens is 4. The van der Waals surface area contributed by atoms with Crippen LogP contribution in [0.25, 0.3) is 0 Å². The summed E-state index contributed by atoms with van der Waals surface area (Å²) in [5, 5.41) is 9.92. The Balaban J connectivity index is 1.70. The summed E-state index contributed by atoms with van der Waals surface area (Å²) in [5.74, 6) is 0.301. The Morgan fingerprint density at radius 1 is 1.14 bits per heavy atom. The van der Waals surface area contributed by atoms with E-state index < -0.39 is 20.1 Å². The summed E-state index contributed by atoms with van der Waals surface area (Å²) in [6.07, 6.45) is -1.23. The molecule has 204 valence electrons. The van der Waals surface area contributed by atoms with Crippen LogP contribution in [0.4, 0.5) is 13.2 Å². The first kappa shape index (κ1) is 29.0. The maximum atomic E-state index is 13.5. The van der Waals surface area contributed by atoms with Crippen molar-refractivity contribution in [1.82, 2.24) is 4.98 Å². The zero-order valence-corrected chi connectivity index (χ0v) is 26.0. The highest BCUT2D eigenvalue weighted by Gasteiger charge is 2.52. The Labute approximate surface area is 233 Å². The number of rotatable bonds is 5. The zero-order valence-electron chi connectivity index (χ0n) is 22.9. The molecule has 1 spiro atoms. The molecule has 0 unspecified atom stereocenters. The van der Waals surface area contributed by atoms with Crippen LogP contribution in [0.5, 0.6) is 0 Å². The number of aliphatic hydroxyl groups excluding tert-OH is 1. The largest absolute Gasteiger partial charge is 0.416 e. The average molecular weight is 646 g/mol. The molecule has 1 aromatic heterocycles. The van der Waals surface area contributed by atoms with Gasteiger partial charge in [-0.05, 0) is 113 Å². The normalized spacial score (nSPS) is 24.4. The Kier molecular flexibility index (Phi) is 7.76. The highest BCUT2D eigenvalue weighted by Crippen LogP contribution is 2.61. The summed E-state index contributed by atoms with van der Waals surface area (Å²) >= 11 is 2.43. The standard InChI is InChI=1S/C29H39F3INO2Si/c1-17(2)23-11-22(33)26-24(34-23)14-28(15-25(26)36-37(6,7)27(3,4)5)12-19(13-28)21-10-20(29(30,31)32)9-8-18(21)16-35/h8-11,17,19,25,35H,12-16H2,1-7H3/t19?,25-,28?/m0/s1. The Morgan fingerprint density at radius 3 is 2.32 bits per heavy atom. The van der Waals surface area contributed by atoms with Crippen molar-refractivity contribution in [2.75, 3.05) is 0 Å². The molecule has 2 aliphatic rings. The molecule has 0 bridgehead atoms. The molecule has 1 heterocycles. The van der Waals surface area contributed by atoms with Gasteiger partial charge in [0.05, 0.1) is 18.3 Å². The van der Waals surface area contributed by atoms with Gasteiger partial charge in [-0.25, -0.2) is 0 Å². The van der Waals surface area contributed by atoms with E-state index in [4.69, 9.17) is 9.41 Å². The molecule has 2 aliphatic carbocycles. The number of alkyl halides is 3. The van der Waals surface area contributed by atoms with Gasteiger partial charge in [0, 0.05) is 20.5 Å². The summed E-state index contributed by atoms with van der Waals surface area (Å²) < 4.78 is 48.6. The predicted molar refractivity (Wildman–Crippen MR) is 152 cm³/mol. The van der Waals surface area contributed by atoms with Gasteiger partial charge in [-0.15, -0.1) is 0 Å². The second-order valence-electron chi connectivity index (χ2n) is 13.0. The molecule has 1 saturated carbocycles. The third-order valence-electron chi connectivity index (χ3n) is 8.87. The number of hydrogen-bond acceptors (Lipinski definition) is 3. The van der Waals surface area contributed by atoms with Crippen LogP contribution in [0.15, 0.2) is 24.3 Å². The van der Waals surface area contributed by atoms with Gasteiger partial charge in [-0.2, -0.15) is 13.2 Å². The van der Waals surface area contributed by atoms with Crippen molar-refractivity contribution in [1.29, 1.82) is 0 Å². The van der Waals surface area contributed by atoms with Crippen molar-refractivity contribution < 1.29 is 22.7 Å². The molecule has 3 nitrogen and oxygen atoms in total. The van der Waals surface area contributed by atoms with Crippen LogP contribution >= 0.6 is 22.6 Å². The first-order valence-electron chi connectivity index (χ1n) is 13.1. The summed E-state index contributed by atoms with van der Waals surface area (Å²) in [7, 11) is -2.08. The molecule has 37 heavy (non-hydrogen) atoms. The Hall–Kier alpha value is -0.973. The van der Waals surface area contributed by atoms with Crippen molar-refractivity contribution >= 4 is 30.9 Å². The minimum absolute atomic E-state index is 0.00752. The van der Waals surface area contributed by atoms with E-state index in [9.17, 15) is 18.3 Å². The summed E-state index contributed by atoms with van der Waals surface area (Å²) in [6, 6.07) is 5.94. The van der Waals surface area contributed by atoms with Gasteiger partial charge in [0.15, 0.2) is 8.32 Å². The third-order valence-corrected chi connectivity index (χ3v) is 14.2. The number of fused-ring (bicyclic) bond motifs is 1. The van der Waals surface area contributed by atoms with Crippen molar-refractivity contribution in [3.05, 3.63) is 61.5 Å². The third kappa shape index (κ3) is 5.68. The van der Waals surface area contributed by atoms with Crippen LogP contribution in [0.3, 0.4) is 0 Å². The first-order valence-corrected chi connectivity index (χ1v) is 17.1. The Bertz CT molecular complexity index is 1170. The number of nitrogens with zero attached hydrogens (tertiary/aromatic N) is 1. The molecule has 4 rings (SSSR count). The van der Waals surface area contributed by atoms with Crippen LogP contribution < -0.4 is 0 Å². The number of aromatic nitrogens is 1. The topological polar surface area (TPSA) is 42.4 Å². The molecule has 2 aromatic rings.